The Morgan fingerprint density at radius 1 is 1.06 bits per heavy atom. The molecule has 0 bridgehead atoms. The third-order valence-electron chi connectivity index (χ3n) is 6.07. The Bertz CT molecular complexity index is 960. The molecular formula is C27H35FNO2+. The van der Waals surface area contributed by atoms with Crippen LogP contribution in [0.25, 0.3) is 0 Å². The Balaban J connectivity index is 1.94. The van der Waals surface area contributed by atoms with Crippen LogP contribution in [-0.2, 0) is 6.42 Å². The fraction of sp³-hybridized carbons (Fsp3) is 0.407. The van der Waals surface area contributed by atoms with Gasteiger partial charge < -0.3 is 14.4 Å². The quantitative estimate of drug-likeness (QED) is 0.598. The lowest BCUT2D eigenvalue weighted by molar-refractivity contribution is -0.922. The van der Waals surface area contributed by atoms with E-state index >= 15 is 0 Å². The molecule has 3 rings (SSSR count). The van der Waals surface area contributed by atoms with Gasteiger partial charge in [-0.05, 0) is 69.5 Å². The van der Waals surface area contributed by atoms with Crippen LogP contribution in [0.4, 0.5) is 4.39 Å². The number of benzene rings is 2. The maximum Gasteiger partial charge on any atom is 0.161 e. The summed E-state index contributed by atoms with van der Waals surface area (Å²) in [6.45, 7) is 8.39. The van der Waals surface area contributed by atoms with Crippen LogP contribution in [0.15, 0.2) is 59.7 Å². The molecule has 4 heteroatoms. The Morgan fingerprint density at radius 2 is 1.81 bits per heavy atom. The van der Waals surface area contributed by atoms with E-state index in [1.165, 1.54) is 33.2 Å². The number of rotatable bonds is 8. The lowest BCUT2D eigenvalue weighted by atomic mass is 9.87. The molecular weight excluding hydrogens is 389 g/mol. The van der Waals surface area contributed by atoms with Gasteiger partial charge in [0, 0.05) is 17.5 Å². The van der Waals surface area contributed by atoms with Gasteiger partial charge in [0.25, 0.3) is 0 Å². The summed E-state index contributed by atoms with van der Waals surface area (Å²) in [6.07, 6.45) is 7.75. The van der Waals surface area contributed by atoms with Crippen molar-refractivity contribution in [2.45, 2.75) is 46.1 Å². The van der Waals surface area contributed by atoms with Gasteiger partial charge in [-0.2, -0.15) is 0 Å². The smallest absolute Gasteiger partial charge is 0.161 e. The van der Waals surface area contributed by atoms with E-state index in [9.17, 15) is 4.39 Å². The van der Waals surface area contributed by atoms with Crippen molar-refractivity contribution in [2.24, 2.45) is 0 Å². The average molecular weight is 425 g/mol. The van der Waals surface area contributed by atoms with E-state index in [2.05, 4.69) is 45.1 Å². The fourth-order valence-electron chi connectivity index (χ4n) is 4.40. The van der Waals surface area contributed by atoms with E-state index in [4.69, 9.17) is 9.47 Å². The molecule has 1 heterocycles. The minimum absolute atomic E-state index is 0.0566. The lowest BCUT2D eigenvalue weighted by Gasteiger charge is -2.34. The third kappa shape index (κ3) is 5.76. The van der Waals surface area contributed by atoms with Gasteiger partial charge in [-0.1, -0.05) is 29.4 Å². The molecule has 1 unspecified atom stereocenters. The monoisotopic (exact) mass is 424 g/mol. The molecule has 0 saturated carbocycles. The van der Waals surface area contributed by atoms with Gasteiger partial charge in [0.2, 0.25) is 0 Å². The summed E-state index contributed by atoms with van der Waals surface area (Å²) in [4.78, 5) is 1.42. The third-order valence-corrected chi connectivity index (χ3v) is 6.07. The molecule has 1 N–H and O–H groups in total. The minimum atomic E-state index is -0.196. The first-order valence-electron chi connectivity index (χ1n) is 11.1. The summed E-state index contributed by atoms with van der Waals surface area (Å²) in [5, 5.41) is 0. The average Bonchev–Trinajstić information content (AvgIpc) is 2.75. The SMILES string of the molecule is COc1cc2c(cc1OC)[C@@H](c1cccc(F)c1)[NH+](C/C=C(\C)CCC=C(C)C)CC2. The number of ether oxygens (including phenoxy) is 2. The molecule has 0 saturated heterocycles. The van der Waals surface area contributed by atoms with E-state index in [0.717, 1.165) is 49.4 Å². The molecule has 3 nitrogen and oxygen atoms in total. The van der Waals surface area contributed by atoms with Crippen molar-refractivity contribution in [1.29, 1.82) is 0 Å². The van der Waals surface area contributed by atoms with E-state index < -0.39 is 0 Å². The summed E-state index contributed by atoms with van der Waals surface area (Å²) in [7, 11) is 3.32. The minimum Gasteiger partial charge on any atom is -0.493 e. The second-order valence-electron chi connectivity index (χ2n) is 8.63. The molecule has 0 aromatic heterocycles. The highest BCUT2D eigenvalue weighted by molar-refractivity contribution is 5.50. The molecule has 1 aliphatic heterocycles. The van der Waals surface area contributed by atoms with Crippen LogP contribution in [0.3, 0.4) is 0 Å². The van der Waals surface area contributed by atoms with E-state index in [1.807, 2.05) is 6.07 Å². The Hall–Kier alpha value is -2.59. The zero-order chi connectivity index (χ0) is 22.4. The largest absolute Gasteiger partial charge is 0.493 e. The van der Waals surface area contributed by atoms with Gasteiger partial charge in [-0.3, -0.25) is 0 Å². The first-order chi connectivity index (χ1) is 14.9. The Labute approximate surface area is 186 Å². The Morgan fingerprint density at radius 3 is 2.48 bits per heavy atom. The molecule has 0 radical (unpaired) electrons. The van der Waals surface area contributed by atoms with Gasteiger partial charge >= 0.3 is 0 Å². The van der Waals surface area contributed by atoms with Crippen molar-refractivity contribution < 1.29 is 18.8 Å². The first kappa shape index (κ1) is 23.1. The van der Waals surface area contributed by atoms with E-state index in [-0.39, 0.29) is 11.9 Å². The zero-order valence-electron chi connectivity index (χ0n) is 19.4. The number of quaternary nitrogens is 1. The molecule has 0 spiro atoms. The molecule has 2 aromatic rings. The number of hydrogen-bond donors (Lipinski definition) is 1. The number of hydrogen-bond acceptors (Lipinski definition) is 2. The lowest BCUT2D eigenvalue weighted by Crippen LogP contribution is -3.13. The predicted octanol–water partition coefficient (Wildman–Crippen LogP) is 5.07. The summed E-state index contributed by atoms with van der Waals surface area (Å²) >= 11 is 0. The van der Waals surface area contributed by atoms with Gasteiger partial charge in [0.1, 0.15) is 11.9 Å². The number of nitrogens with one attached hydrogen (secondary N) is 1. The van der Waals surface area contributed by atoms with Crippen molar-refractivity contribution in [1.82, 2.24) is 0 Å². The second kappa shape index (κ2) is 10.6. The van der Waals surface area contributed by atoms with Crippen molar-refractivity contribution in [2.75, 3.05) is 27.3 Å². The van der Waals surface area contributed by atoms with Gasteiger partial charge in [0.15, 0.2) is 11.5 Å². The van der Waals surface area contributed by atoms with E-state index in [0.29, 0.717) is 0 Å². The highest BCUT2D eigenvalue weighted by Gasteiger charge is 2.33. The summed E-state index contributed by atoms with van der Waals surface area (Å²) in [5.41, 5.74) is 6.21. The van der Waals surface area contributed by atoms with Gasteiger partial charge in [-0.25, -0.2) is 4.39 Å². The topological polar surface area (TPSA) is 22.9 Å². The van der Waals surface area contributed by atoms with Crippen LogP contribution in [0, 0.1) is 5.82 Å². The number of allylic oxidation sites excluding steroid dienone is 3. The highest BCUT2D eigenvalue weighted by atomic mass is 19.1. The molecule has 31 heavy (non-hydrogen) atoms. The normalized spacial score (nSPS) is 18.3. The fourth-order valence-corrected chi connectivity index (χ4v) is 4.40. The molecule has 2 atom stereocenters. The van der Waals surface area contributed by atoms with Crippen molar-refractivity contribution in [3.63, 3.8) is 0 Å². The van der Waals surface area contributed by atoms with Crippen molar-refractivity contribution >= 4 is 0 Å². The molecule has 1 aliphatic rings. The summed E-state index contributed by atoms with van der Waals surface area (Å²) < 4.78 is 25.2. The number of halogens is 1. The molecule has 0 fully saturated rings. The van der Waals surface area contributed by atoms with Gasteiger partial charge in [-0.15, -0.1) is 0 Å². The van der Waals surface area contributed by atoms with Crippen LogP contribution < -0.4 is 14.4 Å². The van der Waals surface area contributed by atoms with Gasteiger partial charge in [0.05, 0.1) is 27.3 Å². The summed E-state index contributed by atoms with van der Waals surface area (Å²) in [6, 6.07) is 11.2. The predicted molar refractivity (Wildman–Crippen MR) is 125 cm³/mol. The number of methoxy groups -OCH3 is 2. The van der Waals surface area contributed by atoms with Crippen molar-refractivity contribution in [3.8, 4) is 11.5 Å². The molecule has 0 aliphatic carbocycles. The standard InChI is InChI=1S/C27H34FNO2/c1-19(2)8-6-9-20(3)12-14-29-15-13-21-17-25(30-4)26(31-5)18-24(21)27(29)22-10-7-11-23(28)16-22/h7-8,10-12,16-18,27H,6,9,13-15H2,1-5H3/p+1/b20-12+/t27-/m1/s1. The zero-order valence-corrected chi connectivity index (χ0v) is 19.4. The molecule has 2 aromatic carbocycles. The first-order valence-corrected chi connectivity index (χ1v) is 11.1. The van der Waals surface area contributed by atoms with Crippen LogP contribution in [-0.4, -0.2) is 27.3 Å². The van der Waals surface area contributed by atoms with E-state index in [1.54, 1.807) is 26.4 Å². The van der Waals surface area contributed by atoms with Crippen LogP contribution in [0.2, 0.25) is 0 Å². The number of fused-ring (bicyclic) bond motifs is 1. The maximum atomic E-state index is 14.1. The molecule has 0 amide bonds. The maximum absolute atomic E-state index is 14.1. The van der Waals surface area contributed by atoms with Crippen molar-refractivity contribution in [3.05, 3.63) is 82.2 Å². The Kier molecular flexibility index (Phi) is 7.91. The highest BCUT2D eigenvalue weighted by Crippen LogP contribution is 2.36. The molecule has 166 valence electrons. The van der Waals surface area contributed by atoms with Crippen LogP contribution in [0.5, 0.6) is 11.5 Å². The summed E-state index contributed by atoms with van der Waals surface area (Å²) in [5.74, 6) is 1.27. The second-order valence-corrected chi connectivity index (χ2v) is 8.63. The van der Waals surface area contributed by atoms with Crippen LogP contribution >= 0.6 is 0 Å². The van der Waals surface area contributed by atoms with Crippen LogP contribution in [0.1, 0.15) is 56.3 Å².